The largest absolute Gasteiger partial charge is 0.383 e. The first kappa shape index (κ1) is 15.5. The molecule has 0 saturated heterocycles. The Morgan fingerprint density at radius 3 is 2.70 bits per heavy atom. The molecular weight excluding hydrogens is 270 g/mol. The molecule has 1 aromatic heterocycles. The molecule has 1 atom stereocenters. The molecule has 2 rings (SSSR count). The summed E-state index contributed by atoms with van der Waals surface area (Å²) in [4.78, 5) is 12.9. The fourth-order valence-electron chi connectivity index (χ4n) is 2.85. The second-order valence-electron chi connectivity index (χ2n) is 6.09. The Morgan fingerprint density at radius 1 is 1.40 bits per heavy atom. The Morgan fingerprint density at radius 2 is 2.10 bits per heavy atom. The van der Waals surface area contributed by atoms with Gasteiger partial charge in [0, 0.05) is 11.3 Å². The molecule has 1 heterocycles. The minimum atomic E-state index is -0.965. The van der Waals surface area contributed by atoms with E-state index in [1.807, 2.05) is 17.5 Å². The Labute approximate surface area is 125 Å². The van der Waals surface area contributed by atoms with Crippen LogP contribution in [0.2, 0.25) is 0 Å². The molecule has 2 N–H and O–H groups in total. The predicted molar refractivity (Wildman–Crippen MR) is 82.7 cm³/mol. The number of amides is 1. The molecule has 1 unspecified atom stereocenters. The maximum absolute atomic E-state index is 12.0. The highest BCUT2D eigenvalue weighted by Crippen LogP contribution is 2.26. The highest BCUT2D eigenvalue weighted by Gasteiger charge is 2.25. The zero-order chi connectivity index (χ0) is 14.4. The lowest BCUT2D eigenvalue weighted by Crippen LogP contribution is -2.38. The SMILES string of the molecule is CC(O)(CNC(=O)CC1CCCCCC1)c1cccs1. The molecule has 1 amide bonds. The Balaban J connectivity index is 1.77. The maximum atomic E-state index is 12.0. The summed E-state index contributed by atoms with van der Waals surface area (Å²) in [6.45, 7) is 2.05. The van der Waals surface area contributed by atoms with E-state index in [9.17, 15) is 9.90 Å². The lowest BCUT2D eigenvalue weighted by Gasteiger charge is -2.23. The van der Waals surface area contributed by atoms with E-state index >= 15 is 0 Å². The van der Waals surface area contributed by atoms with Crippen molar-refractivity contribution in [2.24, 2.45) is 5.92 Å². The van der Waals surface area contributed by atoms with E-state index in [1.54, 1.807) is 6.92 Å². The van der Waals surface area contributed by atoms with Crippen LogP contribution in [0.15, 0.2) is 17.5 Å². The average molecular weight is 295 g/mol. The van der Waals surface area contributed by atoms with Gasteiger partial charge in [-0.1, -0.05) is 31.7 Å². The molecule has 1 saturated carbocycles. The first-order valence-electron chi connectivity index (χ1n) is 7.61. The van der Waals surface area contributed by atoms with Gasteiger partial charge in [0.25, 0.3) is 0 Å². The molecule has 1 fully saturated rings. The van der Waals surface area contributed by atoms with Crippen molar-refractivity contribution in [2.75, 3.05) is 6.54 Å². The monoisotopic (exact) mass is 295 g/mol. The summed E-state index contributed by atoms with van der Waals surface area (Å²) >= 11 is 1.52. The van der Waals surface area contributed by atoms with Crippen molar-refractivity contribution in [1.82, 2.24) is 5.32 Å². The van der Waals surface area contributed by atoms with Gasteiger partial charge in [0.2, 0.25) is 5.91 Å². The average Bonchev–Trinajstić information content (AvgIpc) is 2.85. The van der Waals surface area contributed by atoms with Crippen LogP contribution >= 0.6 is 11.3 Å². The standard InChI is InChI=1S/C16H25NO2S/c1-16(19,14-9-6-10-20-14)12-17-15(18)11-13-7-4-2-3-5-8-13/h6,9-10,13,19H,2-5,7-8,11-12H2,1H3,(H,17,18). The van der Waals surface area contributed by atoms with E-state index in [2.05, 4.69) is 5.32 Å². The van der Waals surface area contributed by atoms with Gasteiger partial charge < -0.3 is 10.4 Å². The maximum Gasteiger partial charge on any atom is 0.220 e. The number of nitrogens with one attached hydrogen (secondary N) is 1. The summed E-state index contributed by atoms with van der Waals surface area (Å²) < 4.78 is 0. The van der Waals surface area contributed by atoms with Crippen LogP contribution in [-0.2, 0) is 10.4 Å². The van der Waals surface area contributed by atoms with Gasteiger partial charge >= 0.3 is 0 Å². The van der Waals surface area contributed by atoms with E-state index in [4.69, 9.17) is 0 Å². The molecule has 1 aliphatic carbocycles. The molecule has 20 heavy (non-hydrogen) atoms. The van der Waals surface area contributed by atoms with Crippen molar-refractivity contribution in [3.8, 4) is 0 Å². The normalized spacial score (nSPS) is 20.1. The van der Waals surface area contributed by atoms with Crippen molar-refractivity contribution in [3.05, 3.63) is 22.4 Å². The van der Waals surface area contributed by atoms with Crippen LogP contribution in [0.25, 0.3) is 0 Å². The quantitative estimate of drug-likeness (QED) is 0.818. The van der Waals surface area contributed by atoms with Crippen LogP contribution in [-0.4, -0.2) is 17.6 Å². The van der Waals surface area contributed by atoms with Crippen molar-refractivity contribution in [2.45, 2.75) is 57.5 Å². The summed E-state index contributed by atoms with van der Waals surface area (Å²) in [5.74, 6) is 0.609. The van der Waals surface area contributed by atoms with Crippen LogP contribution < -0.4 is 5.32 Å². The third-order valence-corrected chi connectivity index (χ3v) is 5.25. The van der Waals surface area contributed by atoms with Gasteiger partial charge in [-0.2, -0.15) is 0 Å². The van der Waals surface area contributed by atoms with Crippen LogP contribution in [0.1, 0.15) is 56.7 Å². The van der Waals surface area contributed by atoms with Crippen LogP contribution in [0.5, 0.6) is 0 Å². The van der Waals surface area contributed by atoms with Crippen molar-refractivity contribution in [1.29, 1.82) is 0 Å². The van der Waals surface area contributed by atoms with Crippen molar-refractivity contribution < 1.29 is 9.90 Å². The Bertz CT molecular complexity index is 406. The number of hydrogen-bond donors (Lipinski definition) is 2. The molecule has 1 aliphatic rings. The number of aliphatic hydroxyl groups is 1. The lowest BCUT2D eigenvalue weighted by atomic mass is 9.96. The number of hydrogen-bond acceptors (Lipinski definition) is 3. The third kappa shape index (κ3) is 4.60. The summed E-state index contributed by atoms with van der Waals surface area (Å²) in [5.41, 5.74) is -0.965. The van der Waals surface area contributed by atoms with Gasteiger partial charge in [-0.25, -0.2) is 0 Å². The first-order valence-corrected chi connectivity index (χ1v) is 8.49. The molecule has 1 aromatic rings. The zero-order valence-corrected chi connectivity index (χ0v) is 13.0. The zero-order valence-electron chi connectivity index (χ0n) is 12.2. The van der Waals surface area contributed by atoms with Crippen LogP contribution in [0.3, 0.4) is 0 Å². The second kappa shape index (κ2) is 7.23. The number of carbonyl (C=O) groups is 1. The number of rotatable bonds is 5. The van der Waals surface area contributed by atoms with E-state index in [1.165, 1.54) is 49.9 Å². The van der Waals surface area contributed by atoms with Crippen molar-refractivity contribution >= 4 is 17.2 Å². The minimum Gasteiger partial charge on any atom is -0.383 e. The molecule has 112 valence electrons. The molecule has 0 spiro atoms. The molecule has 0 radical (unpaired) electrons. The summed E-state index contributed by atoms with van der Waals surface area (Å²) in [6.07, 6.45) is 8.09. The summed E-state index contributed by atoms with van der Waals surface area (Å²) in [5, 5.41) is 15.2. The van der Waals surface area contributed by atoms with Gasteiger partial charge in [0.1, 0.15) is 5.60 Å². The highest BCUT2D eigenvalue weighted by atomic mass is 32.1. The number of thiophene rings is 1. The van der Waals surface area contributed by atoms with E-state index in [-0.39, 0.29) is 5.91 Å². The summed E-state index contributed by atoms with van der Waals surface area (Å²) in [6, 6.07) is 3.82. The molecule has 4 heteroatoms. The molecule has 0 aliphatic heterocycles. The first-order chi connectivity index (χ1) is 9.58. The minimum absolute atomic E-state index is 0.0775. The Kier molecular flexibility index (Phi) is 5.61. The number of carbonyl (C=O) groups excluding carboxylic acids is 1. The van der Waals surface area contributed by atoms with E-state index < -0.39 is 5.60 Å². The topological polar surface area (TPSA) is 49.3 Å². The van der Waals surface area contributed by atoms with Gasteiger partial charge in [-0.05, 0) is 37.1 Å². The molecule has 0 bridgehead atoms. The third-order valence-electron chi connectivity index (χ3n) is 4.13. The fourth-order valence-corrected chi connectivity index (χ4v) is 3.63. The molecule has 3 nitrogen and oxygen atoms in total. The highest BCUT2D eigenvalue weighted by molar-refractivity contribution is 7.10. The van der Waals surface area contributed by atoms with E-state index in [0.29, 0.717) is 18.9 Å². The van der Waals surface area contributed by atoms with Crippen LogP contribution in [0.4, 0.5) is 0 Å². The van der Waals surface area contributed by atoms with Crippen LogP contribution in [0, 0.1) is 5.92 Å². The van der Waals surface area contributed by atoms with Gasteiger partial charge in [-0.15, -0.1) is 11.3 Å². The smallest absolute Gasteiger partial charge is 0.220 e. The van der Waals surface area contributed by atoms with Gasteiger partial charge in [0.15, 0.2) is 0 Å². The Hall–Kier alpha value is -0.870. The van der Waals surface area contributed by atoms with Gasteiger partial charge in [0.05, 0.1) is 6.54 Å². The lowest BCUT2D eigenvalue weighted by molar-refractivity contribution is -0.123. The molecule has 0 aromatic carbocycles. The van der Waals surface area contributed by atoms with Gasteiger partial charge in [-0.3, -0.25) is 4.79 Å². The fraction of sp³-hybridized carbons (Fsp3) is 0.688. The van der Waals surface area contributed by atoms with E-state index in [0.717, 1.165) is 4.88 Å². The predicted octanol–water partition coefficient (Wildman–Crippen LogP) is 3.43. The van der Waals surface area contributed by atoms with Crippen molar-refractivity contribution in [3.63, 3.8) is 0 Å². The second-order valence-corrected chi connectivity index (χ2v) is 7.04. The molecular formula is C16H25NO2S. The summed E-state index contributed by atoms with van der Waals surface area (Å²) in [7, 11) is 0.